The van der Waals surface area contributed by atoms with Crippen LogP contribution in [0.4, 0.5) is 0 Å². The first-order chi connectivity index (χ1) is 11.9. The van der Waals surface area contributed by atoms with Crippen LogP contribution < -0.4 is 29.6 Å². The molecule has 0 bridgehead atoms. The van der Waals surface area contributed by atoms with Crippen molar-refractivity contribution in [3.63, 3.8) is 0 Å². The molecule has 0 heterocycles. The van der Waals surface area contributed by atoms with Crippen LogP contribution in [0.15, 0.2) is 0 Å². The van der Waals surface area contributed by atoms with Gasteiger partial charge in [-0.3, -0.25) is 0 Å². The summed E-state index contributed by atoms with van der Waals surface area (Å²) in [7, 11) is -4.18. The second-order valence-corrected chi connectivity index (χ2v) is 9.22. The van der Waals surface area contributed by atoms with Gasteiger partial charge in [-0.1, -0.05) is 90.4 Å². The average Bonchev–Trinajstić information content (AvgIpc) is 2.53. The molecule has 0 aromatic carbocycles. The number of unbranched alkanes of at least 4 members (excludes halogenated alkanes) is 11. The predicted molar refractivity (Wildman–Crippen MR) is 105 cm³/mol. The van der Waals surface area contributed by atoms with Gasteiger partial charge in [0.05, 0.1) is 16.2 Å². The predicted octanol–water partition coefficient (Wildman–Crippen LogP) is 2.55. The van der Waals surface area contributed by atoms with E-state index in [2.05, 4.69) is 6.92 Å². The summed E-state index contributed by atoms with van der Waals surface area (Å²) in [4.78, 5) is 0. The van der Waals surface area contributed by atoms with Crippen molar-refractivity contribution in [3.05, 3.63) is 0 Å². The molecule has 0 rings (SSSR count). The molecular weight excluding hydrogens is 359 g/mol. The third-order valence-corrected chi connectivity index (χ3v) is 6.22. The fourth-order valence-electron chi connectivity index (χ4n) is 3.28. The Morgan fingerprint density at radius 2 is 1.08 bits per heavy atom. The summed E-state index contributed by atoms with van der Waals surface area (Å²) in [6.45, 7) is 3.99. The molecule has 1 N–H and O–H groups in total. The van der Waals surface area contributed by atoms with Crippen molar-refractivity contribution in [1.29, 1.82) is 0 Å². The summed E-state index contributed by atoms with van der Waals surface area (Å²) in [5.41, 5.74) is 0. The number of hydrogen-bond acceptors (Lipinski definition) is 4. The standard InChI is InChI=1S/C20H42O4S.Na/c1-3-4-5-6-7-8-9-10-11-14-17-20(25(22,23)24)18-15-12-13-16-19(2)21;/h19-21H,3-18H2,1-2H3,(H,22,23,24);/q;+1/p-1. The summed E-state index contributed by atoms with van der Waals surface area (Å²) >= 11 is 0. The largest absolute Gasteiger partial charge is 1.00 e. The van der Waals surface area contributed by atoms with Gasteiger partial charge >= 0.3 is 29.6 Å². The summed E-state index contributed by atoms with van der Waals surface area (Å²) in [6.07, 6.45) is 16.1. The van der Waals surface area contributed by atoms with E-state index in [9.17, 15) is 18.1 Å². The van der Waals surface area contributed by atoms with Crippen molar-refractivity contribution in [1.82, 2.24) is 0 Å². The topological polar surface area (TPSA) is 77.4 Å². The maximum Gasteiger partial charge on any atom is 1.00 e. The van der Waals surface area contributed by atoms with Crippen LogP contribution in [-0.2, 0) is 10.1 Å². The quantitative estimate of drug-likeness (QED) is 0.218. The molecule has 6 heteroatoms. The Morgan fingerprint density at radius 3 is 1.46 bits per heavy atom. The molecule has 0 aromatic rings. The summed E-state index contributed by atoms with van der Waals surface area (Å²) in [6, 6.07) is 0. The first-order valence-corrected chi connectivity index (χ1v) is 12.0. The summed E-state index contributed by atoms with van der Waals surface area (Å²) in [5, 5.41) is 8.49. The zero-order chi connectivity index (χ0) is 19.0. The zero-order valence-corrected chi connectivity index (χ0v) is 20.4. The normalized spacial score (nSPS) is 14.0. The van der Waals surface area contributed by atoms with Gasteiger partial charge in [-0.15, -0.1) is 0 Å². The van der Waals surface area contributed by atoms with Crippen molar-refractivity contribution < 1.29 is 47.6 Å². The van der Waals surface area contributed by atoms with Gasteiger partial charge < -0.3 is 9.66 Å². The van der Waals surface area contributed by atoms with E-state index >= 15 is 0 Å². The fourth-order valence-corrected chi connectivity index (χ4v) is 4.19. The molecule has 0 aliphatic rings. The Bertz CT molecular complexity index is 385. The molecule has 2 unspecified atom stereocenters. The molecule has 152 valence electrons. The van der Waals surface area contributed by atoms with Gasteiger partial charge in [0.15, 0.2) is 0 Å². The number of hydrogen-bond donors (Lipinski definition) is 1. The SMILES string of the molecule is CCCCCCCCCCCCC(CCCCCC(C)O)S(=O)(=O)[O-].[Na+]. The molecule has 26 heavy (non-hydrogen) atoms. The Kier molecular flexibility index (Phi) is 21.5. The van der Waals surface area contributed by atoms with E-state index in [0.29, 0.717) is 12.8 Å². The van der Waals surface area contributed by atoms with Crippen molar-refractivity contribution in [2.75, 3.05) is 0 Å². The van der Waals surface area contributed by atoms with Crippen LogP contribution in [0, 0.1) is 0 Å². The van der Waals surface area contributed by atoms with Crippen molar-refractivity contribution >= 4 is 10.1 Å². The van der Waals surface area contributed by atoms with Gasteiger partial charge in [0.25, 0.3) is 0 Å². The first kappa shape index (κ1) is 29.1. The van der Waals surface area contributed by atoms with Crippen LogP contribution >= 0.6 is 0 Å². The zero-order valence-electron chi connectivity index (χ0n) is 17.5. The maximum absolute atomic E-state index is 11.4. The molecule has 4 nitrogen and oxygen atoms in total. The minimum Gasteiger partial charge on any atom is -0.748 e. The molecule has 0 aliphatic carbocycles. The maximum atomic E-state index is 11.4. The molecular formula is C20H41NaO4S. The van der Waals surface area contributed by atoms with Crippen LogP contribution in [0.3, 0.4) is 0 Å². The van der Waals surface area contributed by atoms with E-state index in [1.54, 1.807) is 6.92 Å². The smallest absolute Gasteiger partial charge is 0.748 e. The van der Waals surface area contributed by atoms with E-state index < -0.39 is 15.4 Å². The minimum absolute atomic E-state index is 0. The third kappa shape index (κ3) is 19.6. The van der Waals surface area contributed by atoms with E-state index in [-0.39, 0.29) is 35.7 Å². The second kappa shape index (κ2) is 19.2. The summed E-state index contributed by atoms with van der Waals surface area (Å²) < 4.78 is 34.2. The minimum atomic E-state index is -4.18. The molecule has 2 atom stereocenters. The van der Waals surface area contributed by atoms with Crippen molar-refractivity contribution in [2.45, 2.75) is 128 Å². The Morgan fingerprint density at radius 1 is 0.731 bits per heavy atom. The number of aliphatic hydroxyl groups excluding tert-OH is 1. The van der Waals surface area contributed by atoms with Gasteiger partial charge in [-0.2, -0.15) is 0 Å². The molecule has 0 aromatic heterocycles. The van der Waals surface area contributed by atoms with Gasteiger partial charge in [0.1, 0.15) is 0 Å². The van der Waals surface area contributed by atoms with Gasteiger partial charge in [0, 0.05) is 5.25 Å². The molecule has 0 aliphatic heterocycles. The molecule has 0 saturated heterocycles. The van der Waals surface area contributed by atoms with Crippen molar-refractivity contribution in [3.8, 4) is 0 Å². The Hall–Kier alpha value is 0.870. The molecule has 0 saturated carbocycles. The first-order valence-electron chi connectivity index (χ1n) is 10.5. The van der Waals surface area contributed by atoms with Gasteiger partial charge in [-0.05, 0) is 26.2 Å². The summed E-state index contributed by atoms with van der Waals surface area (Å²) in [5.74, 6) is 0. The second-order valence-electron chi connectivity index (χ2n) is 7.57. The monoisotopic (exact) mass is 400 g/mol. The molecule has 0 spiro atoms. The van der Waals surface area contributed by atoms with Gasteiger partial charge in [0.2, 0.25) is 0 Å². The van der Waals surface area contributed by atoms with Crippen LogP contribution in [0.2, 0.25) is 0 Å². The fraction of sp³-hybridized carbons (Fsp3) is 1.00. The average molecular weight is 401 g/mol. The molecule has 0 radical (unpaired) electrons. The Labute approximate surface area is 185 Å². The van der Waals surface area contributed by atoms with Crippen LogP contribution in [0.25, 0.3) is 0 Å². The van der Waals surface area contributed by atoms with Crippen molar-refractivity contribution in [2.24, 2.45) is 0 Å². The van der Waals surface area contributed by atoms with E-state index in [0.717, 1.165) is 44.9 Å². The molecule has 0 amide bonds. The number of aliphatic hydroxyl groups is 1. The Balaban J connectivity index is 0. The van der Waals surface area contributed by atoms with E-state index in [4.69, 9.17) is 0 Å². The van der Waals surface area contributed by atoms with Crippen LogP contribution in [0.5, 0.6) is 0 Å². The molecule has 0 fully saturated rings. The van der Waals surface area contributed by atoms with Gasteiger partial charge in [-0.25, -0.2) is 8.42 Å². The van der Waals surface area contributed by atoms with Crippen LogP contribution in [-0.4, -0.2) is 29.4 Å². The van der Waals surface area contributed by atoms with E-state index in [1.807, 2.05) is 0 Å². The third-order valence-electron chi connectivity index (χ3n) is 4.94. The van der Waals surface area contributed by atoms with E-state index in [1.165, 1.54) is 44.9 Å². The van der Waals surface area contributed by atoms with Crippen LogP contribution in [0.1, 0.15) is 117 Å². The number of rotatable bonds is 18.